The number of benzene rings is 1. The number of carbonyl (C=O) groups excluding carboxylic acids is 1. The van der Waals surface area contributed by atoms with Crippen LogP contribution in [0.25, 0.3) is 10.2 Å². The van der Waals surface area contributed by atoms with Gasteiger partial charge in [0.05, 0.1) is 11.7 Å². The Bertz CT molecular complexity index is 1050. The maximum absolute atomic E-state index is 13.1. The Hall–Kier alpha value is -2.47. The van der Waals surface area contributed by atoms with Crippen LogP contribution in [0, 0.1) is 0 Å². The van der Waals surface area contributed by atoms with E-state index in [-0.39, 0.29) is 11.5 Å². The van der Waals surface area contributed by atoms with Crippen LogP contribution >= 0.6 is 11.3 Å². The molecule has 1 aliphatic rings. The summed E-state index contributed by atoms with van der Waals surface area (Å²) in [5.74, 6) is -0.216. The number of amides is 1. The minimum Gasteiger partial charge on any atom is -0.324 e. The van der Waals surface area contributed by atoms with Gasteiger partial charge in [0.1, 0.15) is 10.9 Å². The molecule has 2 heterocycles. The maximum Gasteiger partial charge on any atom is 0.263 e. The second kappa shape index (κ2) is 7.27. The summed E-state index contributed by atoms with van der Waals surface area (Å²) in [7, 11) is 0. The number of fused-ring (bicyclic) bond motifs is 3. The molecule has 0 saturated carbocycles. The largest absolute Gasteiger partial charge is 0.324 e. The number of carbonyl (C=O) groups is 1. The summed E-state index contributed by atoms with van der Waals surface area (Å²) in [6.07, 6.45) is 6.70. The molecule has 6 heteroatoms. The van der Waals surface area contributed by atoms with Gasteiger partial charge in [0, 0.05) is 10.6 Å². The number of nitrogens with zero attached hydrogens (tertiary/aromatic N) is 2. The molecule has 2 aromatic heterocycles. The first-order chi connectivity index (χ1) is 13.1. The van der Waals surface area contributed by atoms with Crippen molar-refractivity contribution in [3.63, 3.8) is 0 Å². The van der Waals surface area contributed by atoms with E-state index in [0.29, 0.717) is 5.39 Å². The third-order valence-electron chi connectivity index (χ3n) is 5.33. The predicted molar refractivity (Wildman–Crippen MR) is 110 cm³/mol. The number of anilines is 1. The quantitative estimate of drug-likeness (QED) is 0.740. The molecule has 27 heavy (non-hydrogen) atoms. The van der Waals surface area contributed by atoms with Crippen molar-refractivity contribution in [1.29, 1.82) is 0 Å². The molecule has 1 aromatic carbocycles. The minimum absolute atomic E-state index is 0.108. The third kappa shape index (κ3) is 3.30. The smallest absolute Gasteiger partial charge is 0.263 e. The van der Waals surface area contributed by atoms with Gasteiger partial charge in [-0.15, -0.1) is 11.3 Å². The lowest BCUT2D eigenvalue weighted by Crippen LogP contribution is -2.32. The molecule has 0 bridgehead atoms. The number of hydrogen-bond acceptors (Lipinski definition) is 4. The van der Waals surface area contributed by atoms with Crippen LogP contribution in [0.5, 0.6) is 0 Å². The standard InChI is InChI=1S/C21H23N3O2S/c1-3-14-8-10-15(11-9-14)23-19(25)13(2)24-12-22-20-18(21(24)26)16-6-4-5-7-17(16)27-20/h8-13H,3-7H2,1-2H3,(H,23,25). The van der Waals surface area contributed by atoms with Gasteiger partial charge in [0.2, 0.25) is 5.91 Å². The van der Waals surface area contributed by atoms with E-state index in [1.165, 1.54) is 27.8 Å². The predicted octanol–water partition coefficient (Wildman–Crippen LogP) is 4.10. The highest BCUT2D eigenvalue weighted by molar-refractivity contribution is 7.18. The number of hydrogen-bond donors (Lipinski definition) is 1. The highest BCUT2D eigenvalue weighted by atomic mass is 32.1. The molecular formula is C21H23N3O2S. The molecule has 3 aromatic rings. The summed E-state index contributed by atoms with van der Waals surface area (Å²) >= 11 is 1.62. The van der Waals surface area contributed by atoms with Crippen molar-refractivity contribution in [3.05, 3.63) is 57.0 Å². The maximum atomic E-state index is 13.1. The number of aromatic nitrogens is 2. The summed E-state index contributed by atoms with van der Waals surface area (Å²) in [6.45, 7) is 3.83. The second-order valence-corrected chi connectivity index (χ2v) is 8.15. The fraction of sp³-hybridized carbons (Fsp3) is 0.381. The molecule has 1 amide bonds. The van der Waals surface area contributed by atoms with Crippen LogP contribution in [0.4, 0.5) is 5.69 Å². The van der Waals surface area contributed by atoms with Crippen molar-refractivity contribution in [1.82, 2.24) is 9.55 Å². The van der Waals surface area contributed by atoms with E-state index in [2.05, 4.69) is 17.2 Å². The molecule has 0 aliphatic heterocycles. The van der Waals surface area contributed by atoms with Gasteiger partial charge in [-0.1, -0.05) is 19.1 Å². The molecule has 1 N–H and O–H groups in total. The van der Waals surface area contributed by atoms with Crippen LogP contribution in [-0.4, -0.2) is 15.5 Å². The van der Waals surface area contributed by atoms with Gasteiger partial charge in [-0.05, 0) is 62.3 Å². The number of nitrogens with one attached hydrogen (secondary N) is 1. The number of thiophene rings is 1. The van der Waals surface area contributed by atoms with E-state index in [9.17, 15) is 9.59 Å². The Labute approximate surface area is 162 Å². The first-order valence-corrected chi connectivity index (χ1v) is 10.3. The third-order valence-corrected chi connectivity index (χ3v) is 6.53. The zero-order chi connectivity index (χ0) is 19.0. The van der Waals surface area contributed by atoms with Crippen molar-refractivity contribution in [2.45, 2.75) is 52.0 Å². The van der Waals surface area contributed by atoms with Crippen LogP contribution in [0.15, 0.2) is 35.4 Å². The summed E-state index contributed by atoms with van der Waals surface area (Å²) in [5.41, 5.74) is 2.99. The second-order valence-electron chi connectivity index (χ2n) is 7.06. The molecule has 5 nitrogen and oxygen atoms in total. The van der Waals surface area contributed by atoms with Crippen LogP contribution in [-0.2, 0) is 24.1 Å². The Morgan fingerprint density at radius 2 is 2.00 bits per heavy atom. The highest BCUT2D eigenvalue weighted by Gasteiger charge is 2.23. The van der Waals surface area contributed by atoms with E-state index in [0.717, 1.165) is 41.8 Å². The Kier molecular flexibility index (Phi) is 4.83. The van der Waals surface area contributed by atoms with Gasteiger partial charge in [-0.25, -0.2) is 4.98 Å². The van der Waals surface area contributed by atoms with E-state index in [1.807, 2.05) is 24.3 Å². The summed E-state index contributed by atoms with van der Waals surface area (Å²) < 4.78 is 1.46. The molecule has 4 rings (SSSR count). The average molecular weight is 382 g/mol. The van der Waals surface area contributed by atoms with Crippen LogP contribution in [0.3, 0.4) is 0 Å². The Morgan fingerprint density at radius 3 is 2.74 bits per heavy atom. The van der Waals surface area contributed by atoms with Crippen LogP contribution in [0.1, 0.15) is 48.7 Å². The highest BCUT2D eigenvalue weighted by Crippen LogP contribution is 2.33. The van der Waals surface area contributed by atoms with Gasteiger partial charge in [0.25, 0.3) is 5.56 Å². The summed E-state index contributed by atoms with van der Waals surface area (Å²) in [4.78, 5) is 32.3. The molecule has 140 valence electrons. The first kappa shape index (κ1) is 17.9. The van der Waals surface area contributed by atoms with E-state index in [4.69, 9.17) is 0 Å². The van der Waals surface area contributed by atoms with E-state index < -0.39 is 6.04 Å². The molecule has 1 atom stereocenters. The van der Waals surface area contributed by atoms with Crippen molar-refractivity contribution >= 4 is 33.1 Å². The fourth-order valence-corrected chi connectivity index (χ4v) is 4.85. The van der Waals surface area contributed by atoms with Crippen molar-refractivity contribution in [3.8, 4) is 0 Å². The van der Waals surface area contributed by atoms with Crippen LogP contribution < -0.4 is 10.9 Å². The molecule has 0 fully saturated rings. The van der Waals surface area contributed by atoms with Gasteiger partial charge in [0.15, 0.2) is 0 Å². The molecule has 0 spiro atoms. The normalized spacial score (nSPS) is 14.7. The molecule has 0 saturated heterocycles. The molecule has 1 aliphatic carbocycles. The van der Waals surface area contributed by atoms with Gasteiger partial charge < -0.3 is 5.32 Å². The minimum atomic E-state index is -0.626. The Balaban J connectivity index is 1.63. The number of aryl methyl sites for hydroxylation is 3. The van der Waals surface area contributed by atoms with Gasteiger partial charge >= 0.3 is 0 Å². The van der Waals surface area contributed by atoms with Gasteiger partial charge in [-0.3, -0.25) is 14.2 Å². The van der Waals surface area contributed by atoms with E-state index >= 15 is 0 Å². The lowest BCUT2D eigenvalue weighted by atomic mass is 9.97. The lowest BCUT2D eigenvalue weighted by molar-refractivity contribution is -0.118. The first-order valence-electron chi connectivity index (χ1n) is 9.49. The average Bonchev–Trinajstić information content (AvgIpc) is 3.07. The van der Waals surface area contributed by atoms with E-state index in [1.54, 1.807) is 18.3 Å². The topological polar surface area (TPSA) is 64.0 Å². The van der Waals surface area contributed by atoms with Crippen molar-refractivity contribution in [2.75, 3.05) is 5.32 Å². The molecular weight excluding hydrogens is 358 g/mol. The fourth-order valence-electron chi connectivity index (χ4n) is 3.63. The lowest BCUT2D eigenvalue weighted by Gasteiger charge is -2.15. The van der Waals surface area contributed by atoms with Crippen LogP contribution in [0.2, 0.25) is 0 Å². The van der Waals surface area contributed by atoms with Gasteiger partial charge in [-0.2, -0.15) is 0 Å². The zero-order valence-electron chi connectivity index (χ0n) is 15.6. The summed E-state index contributed by atoms with van der Waals surface area (Å²) in [5, 5.41) is 3.61. The Morgan fingerprint density at radius 1 is 1.26 bits per heavy atom. The molecule has 1 unspecified atom stereocenters. The SMILES string of the molecule is CCc1ccc(NC(=O)C(C)n2cnc3sc4c(c3c2=O)CCCC4)cc1. The number of rotatable bonds is 4. The molecule has 0 radical (unpaired) electrons. The zero-order valence-corrected chi connectivity index (χ0v) is 16.4. The van der Waals surface area contributed by atoms with Crippen molar-refractivity contribution < 1.29 is 4.79 Å². The monoisotopic (exact) mass is 381 g/mol. The summed E-state index contributed by atoms with van der Waals surface area (Å²) in [6, 6.07) is 7.15. The van der Waals surface area contributed by atoms with Crippen molar-refractivity contribution in [2.24, 2.45) is 0 Å².